The summed E-state index contributed by atoms with van der Waals surface area (Å²) in [6, 6.07) is 0. The van der Waals surface area contributed by atoms with Crippen molar-refractivity contribution >= 4 is 18.6 Å². The van der Waals surface area contributed by atoms with Crippen molar-refractivity contribution in [2.75, 3.05) is 13.2 Å². The first-order valence-electron chi connectivity index (χ1n) is 3.07. The second kappa shape index (κ2) is 7.35. The third kappa shape index (κ3) is 6.35. The molecule has 0 amide bonds. The summed E-state index contributed by atoms with van der Waals surface area (Å²) >= 11 is 0. The molecule has 4 heteroatoms. The third-order valence-corrected chi connectivity index (χ3v) is 4.57. The molecule has 0 aliphatic rings. The van der Waals surface area contributed by atoms with Gasteiger partial charge in [-0.3, -0.25) is 0 Å². The van der Waals surface area contributed by atoms with Crippen LogP contribution in [0, 0.1) is 0 Å². The maximum absolute atomic E-state index is 5.21. The molecular weight excluding hydrogens is 136 g/mol. The number of hydrogen-bond acceptors (Lipinski definition) is 2. The van der Waals surface area contributed by atoms with Crippen LogP contribution in [0.1, 0.15) is 13.8 Å². The second-order valence-electron chi connectivity index (χ2n) is 1.39. The van der Waals surface area contributed by atoms with Crippen LogP contribution >= 0.6 is 0 Å². The van der Waals surface area contributed by atoms with Crippen LogP contribution in [0.2, 0.25) is 0 Å². The van der Waals surface area contributed by atoms with Crippen molar-refractivity contribution in [1.82, 2.24) is 0 Å². The fraction of sp³-hybridized carbons (Fsp3) is 1.00. The fourth-order valence-electron chi connectivity index (χ4n) is 0.407. The normalized spacial score (nSPS) is 12.8. The lowest BCUT2D eigenvalue weighted by atomic mass is 10.9. The highest BCUT2D eigenvalue weighted by Crippen LogP contribution is 1.69. The minimum atomic E-state index is -0.183. The summed E-state index contributed by atoms with van der Waals surface area (Å²) in [6.07, 6.45) is 0. The van der Waals surface area contributed by atoms with Gasteiger partial charge in [-0.25, -0.2) is 0 Å². The molecule has 8 heavy (non-hydrogen) atoms. The quantitative estimate of drug-likeness (QED) is 0.375. The molecule has 0 unspecified atom stereocenters. The first-order valence-corrected chi connectivity index (χ1v) is 8.22. The van der Waals surface area contributed by atoms with E-state index in [1.165, 1.54) is 0 Å². The largest absolute Gasteiger partial charge is 0.425 e. The zero-order chi connectivity index (χ0) is 6.24. The van der Waals surface area contributed by atoms with Crippen LogP contribution in [0.4, 0.5) is 0 Å². The Labute approximate surface area is 55.2 Å². The molecule has 0 aromatic heterocycles. The lowest BCUT2D eigenvalue weighted by Gasteiger charge is -1.97. The first kappa shape index (κ1) is 8.35. The molecule has 0 saturated heterocycles. The van der Waals surface area contributed by atoms with Crippen LogP contribution in [-0.4, -0.2) is 31.8 Å². The Morgan fingerprint density at radius 1 is 1.00 bits per heavy atom. The molecule has 0 rings (SSSR count). The standard InChI is InChI=1S/C4H14O2Si2/c1-3-5-7-8-6-4-2/h3-4,7-8H2,1-2H3. The highest BCUT2D eigenvalue weighted by atomic mass is 29.2. The zero-order valence-corrected chi connectivity index (χ0v) is 8.47. The molecule has 0 spiro atoms. The fourth-order valence-corrected chi connectivity index (χ4v) is 3.66. The lowest BCUT2D eigenvalue weighted by molar-refractivity contribution is 0.345. The van der Waals surface area contributed by atoms with Crippen LogP contribution in [0.5, 0.6) is 0 Å². The minimum absolute atomic E-state index is 0.183. The predicted octanol–water partition coefficient (Wildman–Crippen LogP) is -0.858. The predicted molar refractivity (Wildman–Crippen MR) is 40.3 cm³/mol. The van der Waals surface area contributed by atoms with Gasteiger partial charge in [0.25, 0.3) is 0 Å². The van der Waals surface area contributed by atoms with Gasteiger partial charge in [-0.15, -0.1) is 0 Å². The molecule has 0 saturated carbocycles. The highest BCUT2D eigenvalue weighted by molar-refractivity contribution is 6.93. The van der Waals surface area contributed by atoms with E-state index >= 15 is 0 Å². The van der Waals surface area contributed by atoms with Crippen molar-refractivity contribution in [2.24, 2.45) is 0 Å². The monoisotopic (exact) mass is 150 g/mol. The maximum atomic E-state index is 5.21. The van der Waals surface area contributed by atoms with Gasteiger partial charge in [0.05, 0.1) is 0 Å². The van der Waals surface area contributed by atoms with E-state index in [-0.39, 0.29) is 18.6 Å². The minimum Gasteiger partial charge on any atom is -0.425 e. The van der Waals surface area contributed by atoms with Gasteiger partial charge in [0.2, 0.25) is 0 Å². The molecule has 0 aliphatic heterocycles. The summed E-state index contributed by atoms with van der Waals surface area (Å²) in [6.45, 7) is 5.83. The molecule has 0 heterocycles. The highest BCUT2D eigenvalue weighted by Gasteiger charge is 1.85. The summed E-state index contributed by atoms with van der Waals surface area (Å²) in [5.41, 5.74) is 0. The van der Waals surface area contributed by atoms with Crippen LogP contribution < -0.4 is 0 Å². The Hall–Kier alpha value is 0.354. The summed E-state index contributed by atoms with van der Waals surface area (Å²) in [7, 11) is -0.366. The van der Waals surface area contributed by atoms with E-state index in [9.17, 15) is 0 Å². The topological polar surface area (TPSA) is 18.5 Å². The van der Waals surface area contributed by atoms with Crippen molar-refractivity contribution in [2.45, 2.75) is 13.8 Å². The van der Waals surface area contributed by atoms with Crippen molar-refractivity contribution in [3.63, 3.8) is 0 Å². The molecule has 0 radical (unpaired) electrons. The summed E-state index contributed by atoms with van der Waals surface area (Å²) in [5, 5.41) is 0. The van der Waals surface area contributed by atoms with Gasteiger partial charge >= 0.3 is 0 Å². The van der Waals surface area contributed by atoms with E-state index in [1.807, 2.05) is 13.8 Å². The molecule has 2 nitrogen and oxygen atoms in total. The zero-order valence-electron chi connectivity index (χ0n) is 5.64. The van der Waals surface area contributed by atoms with Gasteiger partial charge in [-0.2, -0.15) is 0 Å². The lowest BCUT2D eigenvalue weighted by Crippen LogP contribution is -2.11. The molecule has 0 N–H and O–H groups in total. The van der Waals surface area contributed by atoms with Crippen LogP contribution in [0.3, 0.4) is 0 Å². The average molecular weight is 150 g/mol. The van der Waals surface area contributed by atoms with E-state index in [2.05, 4.69) is 0 Å². The summed E-state index contributed by atoms with van der Waals surface area (Å²) < 4.78 is 10.4. The molecule has 0 aromatic carbocycles. The van der Waals surface area contributed by atoms with Crippen LogP contribution in [-0.2, 0) is 8.85 Å². The first-order chi connectivity index (χ1) is 3.91. The van der Waals surface area contributed by atoms with Gasteiger partial charge in [0.15, 0.2) is 18.6 Å². The van der Waals surface area contributed by atoms with Crippen molar-refractivity contribution < 1.29 is 8.85 Å². The van der Waals surface area contributed by atoms with E-state index in [4.69, 9.17) is 8.85 Å². The van der Waals surface area contributed by atoms with E-state index in [1.54, 1.807) is 0 Å². The van der Waals surface area contributed by atoms with Crippen molar-refractivity contribution in [3.05, 3.63) is 0 Å². The third-order valence-electron chi connectivity index (χ3n) is 0.780. The Bertz CT molecular complexity index is 37.0. The van der Waals surface area contributed by atoms with Gasteiger partial charge < -0.3 is 8.85 Å². The van der Waals surface area contributed by atoms with E-state index < -0.39 is 0 Å². The van der Waals surface area contributed by atoms with Gasteiger partial charge in [0.1, 0.15) is 0 Å². The van der Waals surface area contributed by atoms with Crippen LogP contribution in [0.25, 0.3) is 0 Å². The van der Waals surface area contributed by atoms with E-state index in [0.717, 1.165) is 13.2 Å². The SMILES string of the molecule is CCO[SiH2][SiH2]OCC. The molecule has 0 bridgehead atoms. The summed E-state index contributed by atoms with van der Waals surface area (Å²) in [4.78, 5) is 0. The molecule has 0 fully saturated rings. The second-order valence-corrected chi connectivity index (χ2v) is 5.48. The Kier molecular flexibility index (Phi) is 7.68. The van der Waals surface area contributed by atoms with Crippen LogP contribution in [0.15, 0.2) is 0 Å². The smallest absolute Gasteiger partial charge is 0.174 e. The molecule has 0 aliphatic carbocycles. The molecule has 50 valence electrons. The number of rotatable bonds is 5. The Balaban J connectivity index is 2.53. The Morgan fingerprint density at radius 3 is 1.62 bits per heavy atom. The average Bonchev–Trinajstić information content (AvgIpc) is 1.81. The molecular formula is C4H14O2Si2. The van der Waals surface area contributed by atoms with Gasteiger partial charge in [-0.05, 0) is 13.8 Å². The van der Waals surface area contributed by atoms with E-state index in [0.29, 0.717) is 0 Å². The molecule has 0 aromatic rings. The van der Waals surface area contributed by atoms with Gasteiger partial charge in [0, 0.05) is 13.2 Å². The number of hydrogen-bond donors (Lipinski definition) is 0. The van der Waals surface area contributed by atoms with Gasteiger partial charge in [-0.1, -0.05) is 0 Å². The summed E-state index contributed by atoms with van der Waals surface area (Å²) in [5.74, 6) is 0. The molecule has 0 atom stereocenters. The Morgan fingerprint density at radius 2 is 1.38 bits per heavy atom. The van der Waals surface area contributed by atoms with Crippen molar-refractivity contribution in [3.8, 4) is 0 Å². The van der Waals surface area contributed by atoms with Crippen molar-refractivity contribution in [1.29, 1.82) is 0 Å². The maximum Gasteiger partial charge on any atom is 0.174 e.